The highest BCUT2D eigenvalue weighted by Gasteiger charge is 2.21. The van der Waals surface area contributed by atoms with Crippen LogP contribution in [0, 0.1) is 14.3 Å². The molecule has 0 radical (unpaired) electrons. The van der Waals surface area contributed by atoms with E-state index in [1.54, 1.807) is 0 Å². The van der Waals surface area contributed by atoms with Gasteiger partial charge in [0.2, 0.25) is 0 Å². The highest BCUT2D eigenvalue weighted by molar-refractivity contribution is 14.1. The molecule has 0 atom stereocenters. The number of aryl methyl sites for hydroxylation is 2. The molecule has 0 spiro atoms. The summed E-state index contributed by atoms with van der Waals surface area (Å²) in [6, 6.07) is 7.51. The summed E-state index contributed by atoms with van der Waals surface area (Å²) in [6.07, 6.45) is 0.705. The molecule has 0 bridgehead atoms. The van der Waals surface area contributed by atoms with E-state index in [0.717, 1.165) is 25.4 Å². The van der Waals surface area contributed by atoms with Crippen molar-refractivity contribution in [3.8, 4) is 11.5 Å². The summed E-state index contributed by atoms with van der Waals surface area (Å²) in [4.78, 5) is 36.8. The van der Waals surface area contributed by atoms with Crippen LogP contribution in [0.15, 0.2) is 24.3 Å². The molecule has 0 aliphatic heterocycles. The summed E-state index contributed by atoms with van der Waals surface area (Å²) in [6.45, 7) is 11.0. The number of hydrogen-bond donors (Lipinski definition) is 0. The largest absolute Gasteiger partial charge is 0.519 e. The minimum Gasteiger partial charge on any atom is -0.460 e. The Hall–Kier alpha value is -0.430. The Balaban J connectivity index is 2.03. The van der Waals surface area contributed by atoms with E-state index in [1.807, 2.05) is 65.8 Å². The normalized spacial score (nSPS) is 11.6. The second-order valence-corrected chi connectivity index (χ2v) is 15.1. The summed E-state index contributed by atoms with van der Waals surface area (Å²) < 4.78 is 24.8. The van der Waals surface area contributed by atoms with E-state index < -0.39 is 17.4 Å². The summed E-state index contributed by atoms with van der Waals surface area (Å²) in [5.41, 5.74) is 0.843. The van der Waals surface area contributed by atoms with Gasteiger partial charge in [-0.2, -0.15) is 0 Å². The van der Waals surface area contributed by atoms with Crippen LogP contribution in [0.25, 0.3) is 0 Å². The summed E-state index contributed by atoms with van der Waals surface area (Å²) in [7, 11) is 0. The van der Waals surface area contributed by atoms with Crippen molar-refractivity contribution in [1.29, 1.82) is 0 Å². The molecular formula is C27H30I4O7. The quantitative estimate of drug-likeness (QED) is 0.150. The Bertz CT molecular complexity index is 1060. The van der Waals surface area contributed by atoms with Gasteiger partial charge in [0.1, 0.15) is 11.2 Å². The first-order valence-electron chi connectivity index (χ1n) is 11.7. The molecule has 0 amide bonds. The van der Waals surface area contributed by atoms with Crippen molar-refractivity contribution in [2.45, 2.75) is 78.4 Å². The van der Waals surface area contributed by atoms with E-state index in [0.29, 0.717) is 24.3 Å². The number of carbonyl (C=O) groups excluding carboxylic acids is 3. The third-order valence-electron chi connectivity index (χ3n) is 4.56. The zero-order valence-corrected chi connectivity index (χ0v) is 30.6. The SMILES string of the molecule is CC(C)(C)OC(=O)CCc1cc(I)c(OC(=O)Oc2c(I)cc(CCC(=O)OC(C)(C)C)cc2I)c(I)c1. The van der Waals surface area contributed by atoms with Crippen LogP contribution in [-0.2, 0) is 31.9 Å². The van der Waals surface area contributed by atoms with Crippen LogP contribution in [-0.4, -0.2) is 29.3 Å². The van der Waals surface area contributed by atoms with Crippen molar-refractivity contribution in [2.75, 3.05) is 0 Å². The molecule has 0 aromatic heterocycles. The molecule has 2 aromatic carbocycles. The molecular weight excluding hydrogens is 944 g/mol. The zero-order chi connectivity index (χ0) is 28.8. The molecule has 11 heteroatoms. The van der Waals surface area contributed by atoms with Crippen molar-refractivity contribution in [3.63, 3.8) is 0 Å². The second-order valence-electron chi connectivity index (χ2n) is 10.4. The molecule has 7 nitrogen and oxygen atoms in total. The van der Waals surface area contributed by atoms with E-state index >= 15 is 0 Å². The maximum atomic E-state index is 12.7. The fourth-order valence-corrected chi connectivity index (χ4v) is 7.41. The lowest BCUT2D eigenvalue weighted by molar-refractivity contribution is -0.155. The smallest absolute Gasteiger partial charge is 0.460 e. The van der Waals surface area contributed by atoms with Gasteiger partial charge < -0.3 is 18.9 Å². The minimum absolute atomic E-state index is 0.258. The van der Waals surface area contributed by atoms with Crippen LogP contribution < -0.4 is 9.47 Å². The van der Waals surface area contributed by atoms with Crippen LogP contribution in [0.1, 0.15) is 65.5 Å². The Morgan fingerprint density at radius 1 is 0.605 bits per heavy atom. The maximum absolute atomic E-state index is 12.7. The first-order valence-corrected chi connectivity index (χ1v) is 16.0. The third-order valence-corrected chi connectivity index (χ3v) is 7.77. The number of esters is 2. The fourth-order valence-electron chi connectivity index (χ4n) is 3.17. The Labute approximate surface area is 278 Å². The van der Waals surface area contributed by atoms with E-state index in [-0.39, 0.29) is 24.8 Å². The minimum atomic E-state index is -0.848. The number of hydrogen-bond acceptors (Lipinski definition) is 7. The number of halogens is 4. The Morgan fingerprint density at radius 2 is 0.895 bits per heavy atom. The van der Waals surface area contributed by atoms with Crippen molar-refractivity contribution >= 4 is 108 Å². The number of rotatable bonds is 8. The Morgan fingerprint density at radius 3 is 1.16 bits per heavy atom. The van der Waals surface area contributed by atoms with Crippen LogP contribution in [0.4, 0.5) is 4.79 Å². The van der Waals surface area contributed by atoms with Crippen molar-refractivity contribution in [1.82, 2.24) is 0 Å². The number of benzene rings is 2. The standard InChI is InChI=1S/C27H30I4O7/c1-26(2,3)37-21(32)9-7-15-11-17(28)23(18(29)12-15)35-25(34)36-24-19(30)13-16(14-20(24)31)8-10-22(33)38-27(4,5)6/h11-14H,7-10H2,1-6H3. The van der Waals surface area contributed by atoms with E-state index in [2.05, 4.69) is 90.4 Å². The molecule has 0 saturated carbocycles. The molecule has 0 saturated heterocycles. The lowest BCUT2D eigenvalue weighted by Crippen LogP contribution is -2.24. The van der Waals surface area contributed by atoms with Crippen molar-refractivity contribution < 1.29 is 33.3 Å². The lowest BCUT2D eigenvalue weighted by atomic mass is 10.1. The molecule has 38 heavy (non-hydrogen) atoms. The van der Waals surface area contributed by atoms with Gasteiger partial charge in [0, 0.05) is 12.8 Å². The molecule has 0 aliphatic rings. The predicted molar refractivity (Wildman–Crippen MR) is 179 cm³/mol. The molecule has 208 valence electrons. The number of ether oxygens (including phenoxy) is 4. The molecule has 0 heterocycles. The summed E-state index contributed by atoms with van der Waals surface area (Å²) in [5.74, 6) is 0.283. The Kier molecular flexibility index (Phi) is 12.9. The molecule has 2 rings (SSSR count). The van der Waals surface area contributed by atoms with Gasteiger partial charge in [0.15, 0.2) is 11.5 Å². The average Bonchev–Trinajstić information content (AvgIpc) is 2.73. The first kappa shape index (κ1) is 33.8. The zero-order valence-electron chi connectivity index (χ0n) is 22.0. The van der Waals surface area contributed by atoms with Gasteiger partial charge in [0.25, 0.3) is 0 Å². The van der Waals surface area contributed by atoms with Crippen molar-refractivity contribution in [2.24, 2.45) is 0 Å². The van der Waals surface area contributed by atoms with Gasteiger partial charge in [0.05, 0.1) is 14.3 Å². The first-order chi connectivity index (χ1) is 17.4. The van der Waals surface area contributed by atoms with Crippen LogP contribution in [0.2, 0.25) is 0 Å². The highest BCUT2D eigenvalue weighted by Crippen LogP contribution is 2.33. The molecule has 0 fully saturated rings. The number of carbonyl (C=O) groups is 3. The highest BCUT2D eigenvalue weighted by atomic mass is 127. The topological polar surface area (TPSA) is 88.1 Å². The van der Waals surface area contributed by atoms with Gasteiger partial charge >= 0.3 is 18.1 Å². The fraction of sp³-hybridized carbons (Fsp3) is 0.444. The predicted octanol–water partition coefficient (Wildman–Crippen LogP) is 8.23. The van der Waals surface area contributed by atoms with E-state index in [4.69, 9.17) is 18.9 Å². The van der Waals surface area contributed by atoms with E-state index in [1.165, 1.54) is 0 Å². The summed E-state index contributed by atoms with van der Waals surface area (Å²) in [5, 5.41) is 0. The summed E-state index contributed by atoms with van der Waals surface area (Å²) >= 11 is 8.40. The monoisotopic (exact) mass is 974 g/mol. The van der Waals surface area contributed by atoms with Crippen LogP contribution in [0.3, 0.4) is 0 Å². The van der Waals surface area contributed by atoms with Gasteiger partial charge in [-0.3, -0.25) is 9.59 Å². The van der Waals surface area contributed by atoms with Crippen LogP contribution >= 0.6 is 90.4 Å². The van der Waals surface area contributed by atoms with Gasteiger partial charge in [-0.1, -0.05) is 0 Å². The van der Waals surface area contributed by atoms with Crippen LogP contribution in [0.5, 0.6) is 11.5 Å². The molecule has 2 aromatic rings. The second kappa shape index (κ2) is 14.5. The van der Waals surface area contributed by atoms with E-state index in [9.17, 15) is 14.4 Å². The van der Waals surface area contributed by atoms with Crippen molar-refractivity contribution in [3.05, 3.63) is 49.7 Å². The molecule has 0 unspecified atom stereocenters. The van der Waals surface area contributed by atoms with Gasteiger partial charge in [-0.05, 0) is 180 Å². The lowest BCUT2D eigenvalue weighted by Gasteiger charge is -2.19. The average molecular weight is 974 g/mol. The maximum Gasteiger partial charge on any atom is 0.519 e. The van der Waals surface area contributed by atoms with Gasteiger partial charge in [-0.15, -0.1) is 0 Å². The molecule has 0 N–H and O–H groups in total. The third kappa shape index (κ3) is 12.0. The molecule has 0 aliphatic carbocycles. The van der Waals surface area contributed by atoms with Gasteiger partial charge in [-0.25, -0.2) is 4.79 Å².